The number of thiol groups is 1. The van der Waals surface area contributed by atoms with Gasteiger partial charge in [-0.05, 0) is 25.7 Å². The van der Waals surface area contributed by atoms with E-state index in [-0.39, 0.29) is 0 Å². The standard InChI is InChI=1S/C39H57NSSi4/c1-40(2)33-34-24-25-38(32-39(34)41)45(29-26-42(3,4)35-18-12-9-13-19-35,30-27-43(5,6)36-20-14-10-15-21-36)31-28-44(7,8)37-22-16-11-17-23-37/h9-25,32,41H,26-31,33H2,1-8H3. The fourth-order valence-electron chi connectivity index (χ4n) is 6.93. The zero-order valence-corrected chi connectivity index (χ0v) is 34.1. The average molecular weight is 684 g/mol. The van der Waals surface area contributed by atoms with E-state index < -0.39 is 32.3 Å². The van der Waals surface area contributed by atoms with Gasteiger partial charge in [0.05, 0.1) is 32.3 Å². The lowest BCUT2D eigenvalue weighted by molar-refractivity contribution is 0.399. The second-order valence-corrected chi connectivity index (χ2v) is 35.3. The monoisotopic (exact) mass is 683 g/mol. The van der Waals surface area contributed by atoms with E-state index in [1.807, 2.05) is 0 Å². The minimum Gasteiger partial charge on any atom is -0.305 e. The Balaban J connectivity index is 1.78. The Kier molecular flexibility index (Phi) is 12.2. The second-order valence-electron chi connectivity index (χ2n) is 15.6. The summed E-state index contributed by atoms with van der Waals surface area (Å²) in [7, 11) is -2.48. The van der Waals surface area contributed by atoms with Crippen molar-refractivity contribution in [3.63, 3.8) is 0 Å². The highest BCUT2D eigenvalue weighted by Gasteiger charge is 2.41. The Labute approximate surface area is 285 Å². The maximum atomic E-state index is 5.14. The fourth-order valence-corrected chi connectivity index (χ4v) is 27.2. The second kappa shape index (κ2) is 15.3. The van der Waals surface area contributed by atoms with Gasteiger partial charge >= 0.3 is 0 Å². The van der Waals surface area contributed by atoms with E-state index in [1.54, 1.807) is 20.7 Å². The van der Waals surface area contributed by atoms with E-state index in [4.69, 9.17) is 12.6 Å². The van der Waals surface area contributed by atoms with Crippen LogP contribution in [0, 0.1) is 0 Å². The molecular formula is C39H57NSSi4. The van der Waals surface area contributed by atoms with Crippen LogP contribution in [0.25, 0.3) is 0 Å². The van der Waals surface area contributed by atoms with Crippen LogP contribution in [0.1, 0.15) is 5.56 Å². The molecule has 0 heterocycles. The molecule has 0 saturated carbocycles. The van der Waals surface area contributed by atoms with E-state index in [0.29, 0.717) is 0 Å². The molecule has 0 amide bonds. The molecule has 0 saturated heterocycles. The van der Waals surface area contributed by atoms with Crippen LogP contribution in [0.15, 0.2) is 114 Å². The minimum atomic E-state index is -1.95. The van der Waals surface area contributed by atoms with Crippen molar-refractivity contribution in [2.45, 2.75) is 87.0 Å². The molecule has 4 aromatic carbocycles. The third-order valence-electron chi connectivity index (χ3n) is 10.5. The highest BCUT2D eigenvalue weighted by molar-refractivity contribution is 7.80. The molecule has 1 nitrogen and oxygen atoms in total. The lowest BCUT2D eigenvalue weighted by Gasteiger charge is -2.40. The van der Waals surface area contributed by atoms with Gasteiger partial charge in [-0.2, -0.15) is 0 Å². The zero-order valence-electron chi connectivity index (χ0n) is 29.2. The molecule has 0 aliphatic carbocycles. The van der Waals surface area contributed by atoms with Crippen molar-refractivity contribution in [3.05, 3.63) is 115 Å². The summed E-state index contributed by atoms with van der Waals surface area (Å²) in [6.07, 6.45) is 0. The molecule has 45 heavy (non-hydrogen) atoms. The first-order valence-corrected chi connectivity index (χ1v) is 29.6. The molecule has 4 aromatic rings. The van der Waals surface area contributed by atoms with Gasteiger partial charge in [0.15, 0.2) is 0 Å². The molecule has 0 unspecified atom stereocenters. The summed E-state index contributed by atoms with van der Waals surface area (Å²) in [6, 6.07) is 50.0. The van der Waals surface area contributed by atoms with Crippen LogP contribution in [0.2, 0.25) is 75.5 Å². The van der Waals surface area contributed by atoms with E-state index in [1.165, 1.54) is 46.7 Å². The lowest BCUT2D eigenvalue weighted by atomic mass is 10.2. The predicted octanol–water partition coefficient (Wildman–Crippen LogP) is 8.54. The zero-order chi connectivity index (χ0) is 32.7. The van der Waals surface area contributed by atoms with Gasteiger partial charge in [0.1, 0.15) is 0 Å². The van der Waals surface area contributed by atoms with Gasteiger partial charge in [0, 0.05) is 11.4 Å². The van der Waals surface area contributed by atoms with Crippen LogP contribution < -0.4 is 20.7 Å². The van der Waals surface area contributed by atoms with Crippen molar-refractivity contribution in [1.29, 1.82) is 0 Å². The summed E-state index contributed by atoms with van der Waals surface area (Å²) in [5.41, 5.74) is 1.34. The van der Waals surface area contributed by atoms with Crippen molar-refractivity contribution >= 4 is 65.7 Å². The molecular weight excluding hydrogens is 627 g/mol. The third-order valence-corrected chi connectivity index (χ3v) is 27.8. The molecule has 0 N–H and O–H groups in total. The molecule has 240 valence electrons. The van der Waals surface area contributed by atoms with E-state index in [0.717, 1.165) is 6.54 Å². The first-order chi connectivity index (χ1) is 21.2. The van der Waals surface area contributed by atoms with E-state index in [2.05, 4.69) is 167 Å². The van der Waals surface area contributed by atoms with Crippen LogP contribution in [0.5, 0.6) is 0 Å². The molecule has 6 heteroatoms. The average Bonchev–Trinajstić information content (AvgIpc) is 3.03. The molecule has 0 aliphatic rings. The van der Waals surface area contributed by atoms with Gasteiger partial charge in [-0.15, -0.1) is 12.6 Å². The van der Waals surface area contributed by atoms with Crippen LogP contribution in [-0.2, 0) is 6.54 Å². The van der Waals surface area contributed by atoms with Gasteiger partial charge in [-0.1, -0.05) is 199 Å². The number of hydrogen-bond donors (Lipinski definition) is 1. The Hall–Kier alpha value is -1.94. The number of hydrogen-bond acceptors (Lipinski definition) is 2. The number of nitrogens with zero attached hydrogens (tertiary/aromatic N) is 1. The van der Waals surface area contributed by atoms with Crippen molar-refractivity contribution in [2.75, 3.05) is 14.1 Å². The van der Waals surface area contributed by atoms with E-state index >= 15 is 0 Å². The summed E-state index contributed by atoms with van der Waals surface area (Å²) in [5.74, 6) is 0. The van der Waals surface area contributed by atoms with Crippen LogP contribution in [-0.4, -0.2) is 51.3 Å². The topological polar surface area (TPSA) is 3.24 Å². The number of rotatable bonds is 15. The number of benzene rings is 4. The highest BCUT2D eigenvalue weighted by Crippen LogP contribution is 2.35. The summed E-state index contributed by atoms with van der Waals surface area (Å²) in [4.78, 5) is 3.44. The highest BCUT2D eigenvalue weighted by atomic mass is 32.1. The smallest absolute Gasteiger partial charge is 0.0859 e. The molecule has 0 aromatic heterocycles. The summed E-state index contributed by atoms with van der Waals surface area (Å²) < 4.78 is 0. The summed E-state index contributed by atoms with van der Waals surface area (Å²) in [5, 5.41) is 6.45. The molecule has 0 bridgehead atoms. The van der Waals surface area contributed by atoms with Crippen molar-refractivity contribution in [2.24, 2.45) is 0 Å². The Morgan fingerprint density at radius 2 is 0.822 bits per heavy atom. The Bertz CT molecular complexity index is 1350. The van der Waals surface area contributed by atoms with Crippen molar-refractivity contribution in [1.82, 2.24) is 4.90 Å². The SMILES string of the molecule is CN(C)Cc1ccc([Si](CC[Si](C)(C)c2ccccc2)(CC[Si](C)(C)c2ccccc2)CC[Si](C)(C)c2ccccc2)cc1S. The normalized spacial score (nSPS) is 12.9. The first kappa shape index (κ1) is 35.9. The van der Waals surface area contributed by atoms with Crippen LogP contribution in [0.4, 0.5) is 0 Å². The first-order valence-electron chi connectivity index (χ1n) is 16.9. The molecule has 0 atom stereocenters. The fraction of sp³-hybridized carbons (Fsp3) is 0.385. The molecule has 0 spiro atoms. The van der Waals surface area contributed by atoms with Gasteiger partial charge in [-0.25, -0.2) is 0 Å². The Morgan fingerprint density at radius 3 is 1.13 bits per heavy atom. The van der Waals surface area contributed by atoms with Crippen LogP contribution >= 0.6 is 12.6 Å². The van der Waals surface area contributed by atoms with Gasteiger partial charge in [0.2, 0.25) is 0 Å². The van der Waals surface area contributed by atoms with Crippen molar-refractivity contribution in [3.8, 4) is 0 Å². The van der Waals surface area contributed by atoms with Gasteiger partial charge in [-0.3, -0.25) is 0 Å². The third kappa shape index (κ3) is 9.55. The molecule has 0 radical (unpaired) electrons. The van der Waals surface area contributed by atoms with Crippen LogP contribution in [0.3, 0.4) is 0 Å². The molecule has 4 rings (SSSR count). The lowest BCUT2D eigenvalue weighted by Crippen LogP contribution is -2.54. The predicted molar refractivity (Wildman–Crippen MR) is 216 cm³/mol. The molecule has 0 aliphatic heterocycles. The van der Waals surface area contributed by atoms with Gasteiger partial charge in [0.25, 0.3) is 0 Å². The summed E-state index contributed by atoms with van der Waals surface area (Å²) >= 11 is 5.14. The maximum Gasteiger partial charge on any atom is 0.0859 e. The molecule has 0 fully saturated rings. The summed E-state index contributed by atoms with van der Waals surface area (Å²) in [6.45, 7) is 16.6. The van der Waals surface area contributed by atoms with Crippen molar-refractivity contribution < 1.29 is 0 Å². The van der Waals surface area contributed by atoms with Gasteiger partial charge < -0.3 is 4.90 Å². The maximum absolute atomic E-state index is 5.14. The quantitative estimate of drug-likeness (QED) is 0.0971. The Morgan fingerprint density at radius 1 is 0.467 bits per heavy atom. The minimum absolute atomic E-state index is 0.934. The van der Waals surface area contributed by atoms with E-state index in [9.17, 15) is 0 Å². The largest absolute Gasteiger partial charge is 0.305 e.